The first-order chi connectivity index (χ1) is 19.9. The molecule has 4 rings (SSSR count). The van der Waals surface area contributed by atoms with Crippen LogP contribution < -0.4 is 16.0 Å². The van der Waals surface area contributed by atoms with Crippen molar-refractivity contribution in [3.63, 3.8) is 0 Å². The average Bonchev–Trinajstić information content (AvgIpc) is 3.00. The Labute approximate surface area is 236 Å². The maximum Gasteiger partial charge on any atom is 0.407 e. The van der Waals surface area contributed by atoms with Crippen molar-refractivity contribution in [1.29, 1.82) is 0 Å². The molecule has 0 aliphatic rings. The SMILES string of the molecule is O=C(NCCC[C@H](NC(=O)c1ccc2ccccc2n1)C(=O)NCc1cccc(C(=O)O)c1)OCc1ccccc1. The molecular weight excluding hydrogens is 524 g/mol. The fraction of sp³-hybridized carbons (Fsp3) is 0.194. The molecule has 3 aromatic carbocycles. The van der Waals surface area contributed by atoms with Crippen molar-refractivity contribution in [2.45, 2.75) is 32.0 Å². The van der Waals surface area contributed by atoms with Crippen LogP contribution in [0.4, 0.5) is 4.79 Å². The number of aromatic nitrogens is 1. The normalized spacial score (nSPS) is 11.3. The van der Waals surface area contributed by atoms with E-state index in [2.05, 4.69) is 20.9 Å². The number of nitrogens with one attached hydrogen (secondary N) is 3. The minimum absolute atomic E-state index is 0.0740. The molecule has 1 atom stereocenters. The molecule has 10 heteroatoms. The maximum absolute atomic E-state index is 13.1. The van der Waals surface area contributed by atoms with Gasteiger partial charge in [0.25, 0.3) is 5.91 Å². The molecule has 0 radical (unpaired) electrons. The number of amides is 3. The summed E-state index contributed by atoms with van der Waals surface area (Å²) in [4.78, 5) is 53.9. The van der Waals surface area contributed by atoms with E-state index in [1.54, 1.807) is 30.3 Å². The van der Waals surface area contributed by atoms with Crippen LogP contribution in [0.2, 0.25) is 0 Å². The Hall–Kier alpha value is -5.25. The third-order valence-electron chi connectivity index (χ3n) is 6.25. The van der Waals surface area contributed by atoms with E-state index < -0.39 is 29.9 Å². The van der Waals surface area contributed by atoms with E-state index in [4.69, 9.17) is 4.74 Å². The first-order valence-corrected chi connectivity index (χ1v) is 13.1. The van der Waals surface area contributed by atoms with Gasteiger partial charge >= 0.3 is 12.1 Å². The number of hydrogen-bond donors (Lipinski definition) is 4. The van der Waals surface area contributed by atoms with Crippen molar-refractivity contribution in [2.24, 2.45) is 0 Å². The highest BCUT2D eigenvalue weighted by Crippen LogP contribution is 2.12. The van der Waals surface area contributed by atoms with Gasteiger partial charge in [-0.1, -0.05) is 66.7 Å². The van der Waals surface area contributed by atoms with Crippen LogP contribution >= 0.6 is 0 Å². The molecule has 0 saturated heterocycles. The van der Waals surface area contributed by atoms with Gasteiger partial charge in [-0.05, 0) is 48.2 Å². The summed E-state index contributed by atoms with van der Waals surface area (Å²) in [5.74, 6) is -2.04. The third kappa shape index (κ3) is 8.62. The first kappa shape index (κ1) is 28.8. The standard InChI is InChI=1S/C31H30N4O6/c36-28(33-19-22-10-6-12-24(18-22)30(38)39)26(14-7-17-32-31(40)41-20-21-8-2-1-3-9-21)35-29(37)27-16-15-23-11-4-5-13-25(23)34-27/h1-6,8-13,15-16,18,26H,7,14,17,19-20H2,(H,32,40)(H,33,36)(H,35,37)(H,38,39)/t26-/m0/s1. The zero-order valence-corrected chi connectivity index (χ0v) is 22.2. The lowest BCUT2D eigenvalue weighted by Crippen LogP contribution is -2.47. The second kappa shape index (κ2) is 14.2. The summed E-state index contributed by atoms with van der Waals surface area (Å²) in [6.07, 6.45) is 0.00939. The van der Waals surface area contributed by atoms with Crippen LogP contribution in [-0.4, -0.2) is 46.6 Å². The molecule has 0 aliphatic carbocycles. The van der Waals surface area contributed by atoms with Crippen molar-refractivity contribution in [3.8, 4) is 0 Å². The Bertz CT molecular complexity index is 1530. The Morgan fingerprint density at radius 2 is 1.59 bits per heavy atom. The number of aromatic carboxylic acids is 1. The van der Waals surface area contributed by atoms with Gasteiger partial charge in [-0.25, -0.2) is 14.6 Å². The summed E-state index contributed by atoms with van der Waals surface area (Å²) < 4.78 is 5.20. The van der Waals surface area contributed by atoms with Crippen LogP contribution in [0, 0.1) is 0 Å². The highest BCUT2D eigenvalue weighted by atomic mass is 16.5. The molecule has 0 unspecified atom stereocenters. The molecule has 0 bridgehead atoms. The molecule has 3 amide bonds. The first-order valence-electron chi connectivity index (χ1n) is 13.1. The van der Waals surface area contributed by atoms with Crippen LogP contribution in [0.3, 0.4) is 0 Å². The number of fused-ring (bicyclic) bond motifs is 1. The Morgan fingerprint density at radius 1 is 0.829 bits per heavy atom. The minimum Gasteiger partial charge on any atom is -0.478 e. The highest BCUT2D eigenvalue weighted by Gasteiger charge is 2.22. The predicted molar refractivity (Wildman–Crippen MR) is 152 cm³/mol. The Kier molecular flexibility index (Phi) is 9.98. The average molecular weight is 555 g/mol. The van der Waals surface area contributed by atoms with E-state index in [1.807, 2.05) is 48.5 Å². The minimum atomic E-state index is -1.07. The Balaban J connectivity index is 1.36. The summed E-state index contributed by atoms with van der Waals surface area (Å²) in [5, 5.41) is 18.3. The fourth-order valence-electron chi connectivity index (χ4n) is 4.09. The second-order valence-electron chi connectivity index (χ2n) is 9.27. The van der Waals surface area contributed by atoms with Crippen LogP contribution in [0.15, 0.2) is 91.0 Å². The van der Waals surface area contributed by atoms with Gasteiger partial charge in [0.1, 0.15) is 18.3 Å². The van der Waals surface area contributed by atoms with E-state index in [9.17, 15) is 24.3 Å². The lowest BCUT2D eigenvalue weighted by molar-refractivity contribution is -0.123. The van der Waals surface area contributed by atoms with E-state index in [0.717, 1.165) is 10.9 Å². The van der Waals surface area contributed by atoms with Gasteiger partial charge in [-0.2, -0.15) is 0 Å². The summed E-state index contributed by atoms with van der Waals surface area (Å²) >= 11 is 0. The van der Waals surface area contributed by atoms with Gasteiger partial charge in [-0.15, -0.1) is 0 Å². The number of ether oxygens (including phenoxy) is 1. The zero-order chi connectivity index (χ0) is 29.0. The highest BCUT2D eigenvalue weighted by molar-refractivity contribution is 5.97. The number of carboxylic acid groups (broad SMARTS) is 1. The van der Waals surface area contributed by atoms with E-state index in [0.29, 0.717) is 17.5 Å². The van der Waals surface area contributed by atoms with Gasteiger partial charge in [0.05, 0.1) is 11.1 Å². The van der Waals surface area contributed by atoms with Gasteiger partial charge in [0.2, 0.25) is 5.91 Å². The molecule has 0 aliphatic heterocycles. The number of benzene rings is 3. The number of hydrogen-bond acceptors (Lipinski definition) is 6. The lowest BCUT2D eigenvalue weighted by Gasteiger charge is -2.19. The largest absolute Gasteiger partial charge is 0.478 e. The van der Waals surface area contributed by atoms with Crippen LogP contribution in [0.25, 0.3) is 10.9 Å². The summed E-state index contributed by atoms with van der Waals surface area (Å²) in [6, 6.07) is 25.3. The molecule has 210 valence electrons. The topological polar surface area (TPSA) is 147 Å². The number of carbonyl (C=O) groups is 4. The number of nitrogens with zero attached hydrogens (tertiary/aromatic N) is 1. The van der Waals surface area contributed by atoms with Crippen molar-refractivity contribution >= 4 is 34.8 Å². The second-order valence-corrected chi connectivity index (χ2v) is 9.27. The zero-order valence-electron chi connectivity index (χ0n) is 22.2. The van der Waals surface area contributed by atoms with Gasteiger partial charge < -0.3 is 25.8 Å². The molecule has 0 saturated carbocycles. The number of rotatable bonds is 12. The van der Waals surface area contributed by atoms with Gasteiger partial charge in [0, 0.05) is 18.5 Å². The molecule has 4 N–H and O–H groups in total. The molecule has 1 heterocycles. The Morgan fingerprint density at radius 3 is 2.39 bits per heavy atom. The van der Waals surface area contributed by atoms with Crippen molar-refractivity contribution < 1.29 is 29.0 Å². The number of carboxylic acids is 1. The van der Waals surface area contributed by atoms with Crippen LogP contribution in [0.1, 0.15) is 44.8 Å². The molecule has 1 aromatic heterocycles. The van der Waals surface area contributed by atoms with E-state index >= 15 is 0 Å². The third-order valence-corrected chi connectivity index (χ3v) is 6.25. The van der Waals surface area contributed by atoms with Crippen molar-refractivity contribution in [1.82, 2.24) is 20.9 Å². The quantitative estimate of drug-likeness (QED) is 0.193. The van der Waals surface area contributed by atoms with E-state index in [-0.39, 0.29) is 37.4 Å². The molecule has 10 nitrogen and oxygen atoms in total. The van der Waals surface area contributed by atoms with Crippen LogP contribution in [0.5, 0.6) is 0 Å². The monoisotopic (exact) mass is 554 g/mol. The molecule has 4 aromatic rings. The number of alkyl carbamates (subject to hydrolysis) is 1. The van der Waals surface area contributed by atoms with Crippen LogP contribution in [-0.2, 0) is 22.7 Å². The molecule has 0 spiro atoms. The van der Waals surface area contributed by atoms with Gasteiger partial charge in [-0.3, -0.25) is 9.59 Å². The number of para-hydroxylation sites is 1. The smallest absolute Gasteiger partial charge is 0.407 e. The fourth-order valence-corrected chi connectivity index (χ4v) is 4.09. The number of carbonyl (C=O) groups excluding carboxylic acids is 3. The lowest BCUT2D eigenvalue weighted by atomic mass is 10.1. The maximum atomic E-state index is 13.1. The van der Waals surface area contributed by atoms with Gasteiger partial charge in [0.15, 0.2) is 0 Å². The number of pyridine rings is 1. The molecule has 0 fully saturated rings. The molecular formula is C31H30N4O6. The predicted octanol–water partition coefficient (Wildman–Crippen LogP) is 4.05. The van der Waals surface area contributed by atoms with Crippen molar-refractivity contribution in [3.05, 3.63) is 113 Å². The molecule has 41 heavy (non-hydrogen) atoms. The summed E-state index contributed by atoms with van der Waals surface area (Å²) in [5.41, 5.74) is 2.38. The summed E-state index contributed by atoms with van der Waals surface area (Å²) in [6.45, 7) is 0.433. The summed E-state index contributed by atoms with van der Waals surface area (Å²) in [7, 11) is 0. The van der Waals surface area contributed by atoms with E-state index in [1.165, 1.54) is 12.1 Å². The van der Waals surface area contributed by atoms with Crippen molar-refractivity contribution in [2.75, 3.05) is 6.54 Å².